The number of nitriles is 1. The van der Waals surface area contributed by atoms with Crippen LogP contribution in [0.4, 0.5) is 0 Å². The van der Waals surface area contributed by atoms with Crippen LogP contribution >= 0.6 is 0 Å². The number of carbonyl (C=O) groups excluding carboxylic acids is 2. The molecular weight excluding hydrogens is 378 g/mol. The highest BCUT2D eigenvalue weighted by atomic mass is 16.5. The van der Waals surface area contributed by atoms with Crippen LogP contribution in [0.1, 0.15) is 58.6 Å². The van der Waals surface area contributed by atoms with Gasteiger partial charge in [-0.15, -0.1) is 0 Å². The van der Waals surface area contributed by atoms with Crippen LogP contribution in [0.15, 0.2) is 48.5 Å². The smallest absolute Gasteiger partial charge is 0.316 e. The van der Waals surface area contributed by atoms with E-state index in [9.17, 15) is 14.9 Å². The van der Waals surface area contributed by atoms with Crippen LogP contribution < -0.4 is 9.47 Å². The van der Waals surface area contributed by atoms with E-state index >= 15 is 0 Å². The van der Waals surface area contributed by atoms with Gasteiger partial charge in [-0.3, -0.25) is 9.59 Å². The zero-order valence-electron chi connectivity index (χ0n) is 18.5. The van der Waals surface area contributed by atoms with Crippen molar-refractivity contribution in [3.05, 3.63) is 59.7 Å². The number of hydrogen-bond donors (Lipinski definition) is 0. The van der Waals surface area contributed by atoms with E-state index in [2.05, 4.69) is 6.07 Å². The van der Waals surface area contributed by atoms with E-state index < -0.39 is 10.8 Å². The van der Waals surface area contributed by atoms with Crippen molar-refractivity contribution in [1.82, 2.24) is 0 Å². The SMILES string of the molecule is CC(C)(C)C(=O)Oc1ccc(CC(C#N)c2ccc(OC(=O)C(C)(C)C)cc2)cc1. The molecule has 0 aliphatic heterocycles. The fourth-order valence-electron chi connectivity index (χ4n) is 2.46. The summed E-state index contributed by atoms with van der Waals surface area (Å²) < 4.78 is 10.7. The normalized spacial score (nSPS) is 12.6. The highest BCUT2D eigenvalue weighted by Gasteiger charge is 2.24. The molecular formula is C25H29NO4. The summed E-state index contributed by atoms with van der Waals surface area (Å²) in [6.45, 7) is 10.8. The molecule has 0 amide bonds. The monoisotopic (exact) mass is 407 g/mol. The number of nitrogens with zero attached hydrogens (tertiary/aromatic N) is 1. The molecule has 0 aliphatic carbocycles. The summed E-state index contributed by atoms with van der Waals surface area (Å²) >= 11 is 0. The van der Waals surface area contributed by atoms with E-state index in [4.69, 9.17) is 9.47 Å². The Morgan fingerprint density at radius 1 is 0.800 bits per heavy atom. The summed E-state index contributed by atoms with van der Waals surface area (Å²) in [6, 6.07) is 16.5. The summed E-state index contributed by atoms with van der Waals surface area (Å²) in [5.74, 6) is -0.00494. The van der Waals surface area contributed by atoms with Crippen LogP contribution in [0.2, 0.25) is 0 Å². The van der Waals surface area contributed by atoms with Gasteiger partial charge >= 0.3 is 11.9 Å². The van der Waals surface area contributed by atoms with E-state index in [1.54, 1.807) is 77.9 Å². The second-order valence-electron chi connectivity index (χ2n) is 9.38. The lowest BCUT2D eigenvalue weighted by atomic mass is 9.93. The molecule has 1 atom stereocenters. The molecule has 5 nitrogen and oxygen atoms in total. The largest absolute Gasteiger partial charge is 0.426 e. The first-order valence-corrected chi connectivity index (χ1v) is 9.93. The molecule has 0 spiro atoms. The predicted molar refractivity (Wildman–Crippen MR) is 115 cm³/mol. The Labute approximate surface area is 178 Å². The van der Waals surface area contributed by atoms with Crippen molar-refractivity contribution in [3.8, 4) is 17.6 Å². The van der Waals surface area contributed by atoms with Crippen molar-refractivity contribution >= 4 is 11.9 Å². The van der Waals surface area contributed by atoms with Crippen molar-refractivity contribution in [1.29, 1.82) is 5.26 Å². The highest BCUT2D eigenvalue weighted by molar-refractivity contribution is 5.78. The molecule has 0 aliphatic rings. The van der Waals surface area contributed by atoms with E-state index in [0.717, 1.165) is 11.1 Å². The van der Waals surface area contributed by atoms with Gasteiger partial charge in [0, 0.05) is 0 Å². The standard InChI is InChI=1S/C25H29NO4/c1-24(2,3)22(27)29-20-11-7-17(8-12-20)15-19(16-26)18-9-13-21(14-10-18)30-23(28)25(4,5)6/h7-14,19H,15H2,1-6H3. The Bertz CT molecular complexity index is 924. The van der Waals surface area contributed by atoms with E-state index in [-0.39, 0.29) is 17.9 Å². The Balaban J connectivity index is 2.04. The molecule has 158 valence electrons. The van der Waals surface area contributed by atoms with E-state index in [1.165, 1.54) is 0 Å². The summed E-state index contributed by atoms with van der Waals surface area (Å²) in [6.07, 6.45) is 0.519. The van der Waals surface area contributed by atoms with E-state index in [0.29, 0.717) is 17.9 Å². The van der Waals surface area contributed by atoms with Gasteiger partial charge in [-0.1, -0.05) is 24.3 Å². The van der Waals surface area contributed by atoms with Crippen molar-refractivity contribution in [2.45, 2.75) is 53.9 Å². The van der Waals surface area contributed by atoms with Gasteiger partial charge in [0.25, 0.3) is 0 Å². The Morgan fingerprint density at radius 2 is 1.20 bits per heavy atom. The topological polar surface area (TPSA) is 76.4 Å². The summed E-state index contributed by atoms with van der Waals surface area (Å²) in [5.41, 5.74) is 0.649. The van der Waals surface area contributed by atoms with Crippen molar-refractivity contribution in [2.24, 2.45) is 10.8 Å². The fourth-order valence-corrected chi connectivity index (χ4v) is 2.46. The third kappa shape index (κ3) is 6.45. The van der Waals surface area contributed by atoms with Crippen LogP contribution in [0, 0.1) is 22.2 Å². The first-order chi connectivity index (χ1) is 13.9. The minimum Gasteiger partial charge on any atom is -0.426 e. The zero-order chi connectivity index (χ0) is 22.5. The molecule has 0 aromatic heterocycles. The van der Waals surface area contributed by atoms with Crippen molar-refractivity contribution in [2.75, 3.05) is 0 Å². The van der Waals surface area contributed by atoms with Crippen LogP contribution in [-0.4, -0.2) is 11.9 Å². The van der Waals surface area contributed by atoms with Gasteiger partial charge in [0.1, 0.15) is 11.5 Å². The lowest BCUT2D eigenvalue weighted by Gasteiger charge is -2.17. The molecule has 0 saturated carbocycles. The molecule has 0 fully saturated rings. The van der Waals surface area contributed by atoms with Crippen LogP contribution in [0.3, 0.4) is 0 Å². The van der Waals surface area contributed by atoms with Gasteiger partial charge in [-0.05, 0) is 83.4 Å². The first-order valence-electron chi connectivity index (χ1n) is 9.93. The molecule has 1 unspecified atom stereocenters. The van der Waals surface area contributed by atoms with Crippen LogP contribution in [-0.2, 0) is 16.0 Å². The quantitative estimate of drug-likeness (QED) is 0.487. The minimum absolute atomic E-state index is 0.294. The predicted octanol–water partition coefficient (Wildman–Crippen LogP) is 5.44. The third-order valence-electron chi connectivity index (χ3n) is 4.45. The molecule has 0 N–H and O–H groups in total. The number of esters is 2. The maximum absolute atomic E-state index is 12.0. The lowest BCUT2D eigenvalue weighted by molar-refractivity contribution is -0.143. The Morgan fingerprint density at radius 3 is 1.57 bits per heavy atom. The molecule has 2 aromatic carbocycles. The van der Waals surface area contributed by atoms with Gasteiger partial charge in [0.15, 0.2) is 0 Å². The number of ether oxygens (including phenoxy) is 2. The van der Waals surface area contributed by atoms with Gasteiger partial charge in [0.2, 0.25) is 0 Å². The van der Waals surface area contributed by atoms with E-state index in [1.807, 2.05) is 12.1 Å². The van der Waals surface area contributed by atoms with Gasteiger partial charge in [0.05, 0.1) is 22.8 Å². The number of carbonyl (C=O) groups is 2. The average Bonchev–Trinajstić information content (AvgIpc) is 2.66. The number of hydrogen-bond acceptors (Lipinski definition) is 5. The van der Waals surface area contributed by atoms with Crippen molar-refractivity contribution < 1.29 is 19.1 Å². The minimum atomic E-state index is -0.582. The molecule has 0 bridgehead atoms. The van der Waals surface area contributed by atoms with Crippen LogP contribution in [0.5, 0.6) is 11.5 Å². The Hall–Kier alpha value is -3.13. The molecule has 30 heavy (non-hydrogen) atoms. The van der Waals surface area contributed by atoms with Gasteiger partial charge in [-0.25, -0.2) is 0 Å². The summed E-state index contributed by atoms with van der Waals surface area (Å²) in [4.78, 5) is 24.0. The molecule has 0 radical (unpaired) electrons. The number of benzene rings is 2. The van der Waals surface area contributed by atoms with Gasteiger partial charge < -0.3 is 9.47 Å². The second kappa shape index (κ2) is 9.13. The van der Waals surface area contributed by atoms with Gasteiger partial charge in [-0.2, -0.15) is 5.26 Å². The highest BCUT2D eigenvalue weighted by Crippen LogP contribution is 2.26. The molecule has 2 rings (SSSR count). The zero-order valence-corrected chi connectivity index (χ0v) is 18.5. The lowest BCUT2D eigenvalue weighted by Crippen LogP contribution is -2.25. The van der Waals surface area contributed by atoms with Crippen LogP contribution in [0.25, 0.3) is 0 Å². The first kappa shape index (κ1) is 23.2. The summed E-state index contributed by atoms with van der Waals surface area (Å²) in [7, 11) is 0. The maximum atomic E-state index is 12.0. The fraction of sp³-hybridized carbons (Fsp3) is 0.400. The maximum Gasteiger partial charge on any atom is 0.316 e. The Kier molecular flexibility index (Phi) is 7.04. The third-order valence-corrected chi connectivity index (χ3v) is 4.45. The molecule has 0 saturated heterocycles. The molecule has 0 heterocycles. The molecule has 2 aromatic rings. The summed E-state index contributed by atoms with van der Waals surface area (Å²) in [5, 5.41) is 9.62. The van der Waals surface area contributed by atoms with Crippen molar-refractivity contribution in [3.63, 3.8) is 0 Å². The second-order valence-corrected chi connectivity index (χ2v) is 9.38. The average molecular weight is 408 g/mol. The molecule has 5 heteroatoms. The number of rotatable bonds is 5.